The minimum absolute atomic E-state index is 0.0422. The third-order valence-corrected chi connectivity index (χ3v) is 3.74. The number of sulfonamides is 1. The molecule has 0 unspecified atom stereocenters. The van der Waals surface area contributed by atoms with Crippen LogP contribution < -0.4 is 16.0 Å². The molecule has 1 heterocycles. The van der Waals surface area contributed by atoms with E-state index in [4.69, 9.17) is 5.26 Å². The topological polar surface area (TPSA) is 136 Å². The van der Waals surface area contributed by atoms with E-state index >= 15 is 0 Å². The number of benzene rings is 1. The molecule has 0 radical (unpaired) electrons. The molecular weight excluding hydrogens is 284 g/mol. The van der Waals surface area contributed by atoms with Crippen molar-refractivity contribution in [2.45, 2.75) is 4.90 Å². The van der Waals surface area contributed by atoms with Gasteiger partial charge in [-0.25, -0.2) is 13.2 Å². The largest absolute Gasteiger partial charge is 0.325 e. The Morgan fingerprint density at radius 2 is 1.90 bits per heavy atom. The van der Waals surface area contributed by atoms with Crippen LogP contribution in [0, 0.1) is 11.3 Å². The van der Waals surface area contributed by atoms with Crippen molar-refractivity contribution in [3.05, 3.63) is 56.9 Å². The minimum Gasteiger partial charge on any atom is -0.313 e. The first-order valence-electron chi connectivity index (χ1n) is 5.28. The van der Waals surface area contributed by atoms with Gasteiger partial charge in [0.1, 0.15) is 6.07 Å². The number of nitriles is 1. The summed E-state index contributed by atoms with van der Waals surface area (Å²) in [6, 6.07) is 7.74. The van der Waals surface area contributed by atoms with E-state index in [1.165, 1.54) is 18.2 Å². The second-order valence-electron chi connectivity index (χ2n) is 3.70. The van der Waals surface area contributed by atoms with E-state index in [-0.39, 0.29) is 11.3 Å². The maximum absolute atomic E-state index is 12.0. The lowest BCUT2D eigenvalue weighted by Gasteiger charge is -2.08. The first kappa shape index (κ1) is 13.6. The van der Waals surface area contributed by atoms with Crippen molar-refractivity contribution in [2.24, 2.45) is 0 Å². The summed E-state index contributed by atoms with van der Waals surface area (Å²) in [6.45, 7) is 0. The number of nitrogens with zero attached hydrogens (tertiary/aromatic N) is 1. The Balaban J connectivity index is 2.50. The number of H-pyrrole nitrogens is 2. The van der Waals surface area contributed by atoms with Gasteiger partial charge in [0.05, 0.1) is 11.3 Å². The van der Waals surface area contributed by atoms with Crippen molar-refractivity contribution in [3.8, 4) is 6.07 Å². The molecule has 1 aromatic heterocycles. The summed E-state index contributed by atoms with van der Waals surface area (Å²) < 4.78 is 26.2. The number of hydrogen-bond donors (Lipinski definition) is 3. The van der Waals surface area contributed by atoms with Crippen molar-refractivity contribution in [1.29, 1.82) is 5.26 Å². The van der Waals surface area contributed by atoms with Gasteiger partial charge in [0, 0.05) is 6.20 Å². The lowest BCUT2D eigenvalue weighted by molar-refractivity contribution is 0.599. The zero-order valence-electron chi connectivity index (χ0n) is 9.88. The predicted octanol–water partition coefficient (Wildman–Crippen LogP) is -0.264. The van der Waals surface area contributed by atoms with E-state index in [1.807, 2.05) is 11.1 Å². The highest BCUT2D eigenvalue weighted by molar-refractivity contribution is 7.92. The fourth-order valence-corrected chi connectivity index (χ4v) is 2.55. The summed E-state index contributed by atoms with van der Waals surface area (Å²) in [5.41, 5.74) is -1.71. The predicted molar refractivity (Wildman–Crippen MR) is 69.6 cm³/mol. The fourth-order valence-electron chi connectivity index (χ4n) is 1.47. The molecule has 3 N–H and O–H groups in total. The van der Waals surface area contributed by atoms with Crippen LogP contribution in [0.15, 0.2) is 44.9 Å². The number of aromatic nitrogens is 2. The van der Waals surface area contributed by atoms with Gasteiger partial charge in [-0.05, 0) is 12.1 Å². The Bertz CT molecular complexity index is 905. The van der Waals surface area contributed by atoms with E-state index in [0.717, 1.165) is 6.20 Å². The number of aromatic amines is 2. The van der Waals surface area contributed by atoms with Crippen molar-refractivity contribution < 1.29 is 8.42 Å². The van der Waals surface area contributed by atoms with E-state index in [2.05, 4.69) is 9.71 Å². The van der Waals surface area contributed by atoms with E-state index in [1.54, 1.807) is 6.07 Å². The van der Waals surface area contributed by atoms with Crippen LogP contribution >= 0.6 is 0 Å². The fraction of sp³-hybridized carbons (Fsp3) is 0. The van der Waals surface area contributed by atoms with Gasteiger partial charge in [-0.3, -0.25) is 14.5 Å². The van der Waals surface area contributed by atoms with Crippen molar-refractivity contribution in [1.82, 2.24) is 9.97 Å². The molecule has 0 bridgehead atoms. The third-order valence-electron chi connectivity index (χ3n) is 2.37. The number of para-hydroxylation sites is 1. The quantitative estimate of drug-likeness (QED) is 0.715. The van der Waals surface area contributed by atoms with Gasteiger partial charge >= 0.3 is 5.69 Å². The maximum Gasteiger partial charge on any atom is 0.325 e. The molecule has 20 heavy (non-hydrogen) atoms. The molecule has 9 heteroatoms. The van der Waals surface area contributed by atoms with Gasteiger partial charge < -0.3 is 4.98 Å². The lowest BCUT2D eigenvalue weighted by atomic mass is 10.2. The summed E-state index contributed by atoms with van der Waals surface area (Å²) in [5, 5.41) is 8.88. The highest BCUT2D eigenvalue weighted by Gasteiger charge is 2.20. The van der Waals surface area contributed by atoms with Crippen LogP contribution in [0.2, 0.25) is 0 Å². The highest BCUT2D eigenvalue weighted by Crippen LogP contribution is 2.17. The normalized spacial score (nSPS) is 10.8. The van der Waals surface area contributed by atoms with Crippen molar-refractivity contribution in [2.75, 3.05) is 4.72 Å². The lowest BCUT2D eigenvalue weighted by Crippen LogP contribution is -2.29. The molecule has 2 rings (SSSR count). The first-order chi connectivity index (χ1) is 9.44. The summed E-state index contributed by atoms with van der Waals surface area (Å²) in [4.78, 5) is 25.6. The molecule has 0 aliphatic heterocycles. The molecule has 0 fully saturated rings. The van der Waals surface area contributed by atoms with Gasteiger partial charge in [0.15, 0.2) is 4.90 Å². The number of rotatable bonds is 3. The van der Waals surface area contributed by atoms with Gasteiger partial charge in [-0.1, -0.05) is 12.1 Å². The van der Waals surface area contributed by atoms with E-state index in [9.17, 15) is 18.0 Å². The van der Waals surface area contributed by atoms with Gasteiger partial charge in [-0.15, -0.1) is 0 Å². The van der Waals surface area contributed by atoms with Crippen molar-refractivity contribution in [3.63, 3.8) is 0 Å². The second kappa shape index (κ2) is 5.02. The van der Waals surface area contributed by atoms with Crippen LogP contribution in [0.4, 0.5) is 5.69 Å². The summed E-state index contributed by atoms with van der Waals surface area (Å²) in [6.07, 6.45) is 0.790. The molecular formula is C11H8N4O4S. The zero-order chi connectivity index (χ0) is 14.8. The van der Waals surface area contributed by atoms with Crippen LogP contribution in [0.25, 0.3) is 0 Å². The molecule has 0 saturated heterocycles. The number of nitrogens with one attached hydrogen (secondary N) is 3. The Kier molecular flexibility index (Phi) is 3.41. The minimum atomic E-state index is -4.21. The molecule has 0 amide bonds. The van der Waals surface area contributed by atoms with Crippen molar-refractivity contribution >= 4 is 15.7 Å². The van der Waals surface area contributed by atoms with Gasteiger partial charge in [0.2, 0.25) is 0 Å². The molecule has 0 spiro atoms. The zero-order valence-corrected chi connectivity index (χ0v) is 10.7. The Labute approximate surface area is 112 Å². The molecule has 0 saturated carbocycles. The van der Waals surface area contributed by atoms with E-state index in [0.29, 0.717) is 0 Å². The van der Waals surface area contributed by atoms with Crippen LogP contribution in [-0.4, -0.2) is 18.4 Å². The average Bonchev–Trinajstić information content (AvgIpc) is 2.38. The number of hydrogen-bond acceptors (Lipinski definition) is 5. The van der Waals surface area contributed by atoms with Gasteiger partial charge in [-0.2, -0.15) is 5.26 Å². The number of anilines is 1. The van der Waals surface area contributed by atoms with Crippen LogP contribution in [0.5, 0.6) is 0 Å². The maximum atomic E-state index is 12.0. The molecule has 102 valence electrons. The second-order valence-corrected chi connectivity index (χ2v) is 5.35. The Morgan fingerprint density at radius 3 is 2.55 bits per heavy atom. The molecule has 0 aliphatic rings. The summed E-state index contributed by atoms with van der Waals surface area (Å²) >= 11 is 0. The summed E-state index contributed by atoms with van der Waals surface area (Å²) in [5.74, 6) is 0. The van der Waals surface area contributed by atoms with Crippen LogP contribution in [0.3, 0.4) is 0 Å². The van der Waals surface area contributed by atoms with Gasteiger partial charge in [0.25, 0.3) is 15.6 Å². The smallest absolute Gasteiger partial charge is 0.313 e. The molecule has 0 atom stereocenters. The Morgan fingerprint density at radius 1 is 1.20 bits per heavy atom. The highest BCUT2D eigenvalue weighted by atomic mass is 32.2. The van der Waals surface area contributed by atoms with Crippen LogP contribution in [-0.2, 0) is 10.0 Å². The van der Waals surface area contributed by atoms with E-state index < -0.39 is 26.2 Å². The SMILES string of the molecule is N#Cc1ccccc1NS(=O)(=O)c1c[nH]c(=O)[nH]c1=O. The molecule has 0 aliphatic carbocycles. The molecule has 1 aromatic carbocycles. The summed E-state index contributed by atoms with van der Waals surface area (Å²) in [7, 11) is -4.21. The van der Waals surface area contributed by atoms with Crippen LogP contribution in [0.1, 0.15) is 5.56 Å². The molecule has 8 nitrogen and oxygen atoms in total. The molecule has 2 aromatic rings. The average molecular weight is 292 g/mol. The monoisotopic (exact) mass is 292 g/mol. The Hall–Kier alpha value is -2.86. The third kappa shape index (κ3) is 2.60. The first-order valence-corrected chi connectivity index (χ1v) is 6.76. The standard InChI is InChI=1S/C11H8N4O4S/c12-5-7-3-1-2-4-8(7)15-20(18,19)9-6-13-11(17)14-10(9)16/h1-4,6,15H,(H2,13,14,16,17).